The molecule has 33 heavy (non-hydrogen) atoms. The van der Waals surface area contributed by atoms with Gasteiger partial charge in [0, 0.05) is 28.3 Å². The molecule has 4 aromatic rings. The highest BCUT2D eigenvalue weighted by molar-refractivity contribution is 6.09. The number of rotatable bonds is 7. The third-order valence-electron chi connectivity index (χ3n) is 5.35. The van der Waals surface area contributed by atoms with E-state index in [9.17, 15) is 9.59 Å². The van der Waals surface area contributed by atoms with Gasteiger partial charge < -0.3 is 14.2 Å². The van der Waals surface area contributed by atoms with Crippen LogP contribution in [0.25, 0.3) is 17.0 Å². The van der Waals surface area contributed by atoms with E-state index in [-0.39, 0.29) is 11.7 Å². The molecule has 1 heterocycles. The normalized spacial score (nSPS) is 11.0. The maximum atomic E-state index is 13.1. The molecule has 0 fully saturated rings. The molecule has 0 amide bonds. The van der Waals surface area contributed by atoms with Gasteiger partial charge in [0.15, 0.2) is 17.3 Å². The molecule has 1 aromatic heterocycles. The first-order valence-corrected chi connectivity index (χ1v) is 10.3. The van der Waals surface area contributed by atoms with Crippen molar-refractivity contribution in [3.05, 3.63) is 95.7 Å². The molecule has 6 heteroatoms. The minimum Gasteiger partial charge on any atom is -0.493 e. The van der Waals surface area contributed by atoms with Crippen LogP contribution >= 0.6 is 0 Å². The summed E-state index contributed by atoms with van der Waals surface area (Å²) in [5.74, 6) is 0.850. The number of methoxy groups -OCH3 is 3. The molecule has 6 nitrogen and oxygen atoms in total. The second-order valence-corrected chi connectivity index (χ2v) is 7.25. The van der Waals surface area contributed by atoms with Crippen LogP contribution in [-0.2, 0) is 0 Å². The van der Waals surface area contributed by atoms with E-state index in [1.807, 2.05) is 42.5 Å². The lowest BCUT2D eigenvalue weighted by atomic mass is 10.1. The molecule has 0 radical (unpaired) electrons. The van der Waals surface area contributed by atoms with Crippen molar-refractivity contribution in [3.63, 3.8) is 0 Å². The Kier molecular flexibility index (Phi) is 6.26. The van der Waals surface area contributed by atoms with Crippen molar-refractivity contribution in [2.24, 2.45) is 0 Å². The maximum absolute atomic E-state index is 13.1. The highest BCUT2D eigenvalue weighted by Crippen LogP contribution is 2.38. The van der Waals surface area contributed by atoms with Crippen LogP contribution in [0.5, 0.6) is 17.2 Å². The zero-order valence-corrected chi connectivity index (χ0v) is 18.6. The van der Waals surface area contributed by atoms with Gasteiger partial charge in [-0.15, -0.1) is 0 Å². The molecule has 4 rings (SSSR count). The van der Waals surface area contributed by atoms with Gasteiger partial charge >= 0.3 is 0 Å². The summed E-state index contributed by atoms with van der Waals surface area (Å²) in [6.45, 7) is 0. The summed E-state index contributed by atoms with van der Waals surface area (Å²) in [7, 11) is 4.51. The molecular weight excluding hydrogens is 418 g/mol. The summed E-state index contributed by atoms with van der Waals surface area (Å²) in [5, 5.41) is 0.871. The summed E-state index contributed by atoms with van der Waals surface area (Å²) < 4.78 is 17.6. The fraction of sp³-hybridized carbons (Fsp3) is 0.111. The summed E-state index contributed by atoms with van der Waals surface area (Å²) in [6.07, 6.45) is 4.93. The number of aromatic nitrogens is 1. The number of carbonyl (C=O) groups is 2. The largest absolute Gasteiger partial charge is 0.493 e. The fourth-order valence-corrected chi connectivity index (χ4v) is 3.71. The van der Waals surface area contributed by atoms with E-state index in [1.165, 1.54) is 27.4 Å². The number of allylic oxidation sites excluding steroid dienone is 1. The SMILES string of the molecule is COc1cc(C(=O)/C=C/c2cn(C(=O)c3ccccc3)c3ccccc23)cc(OC)c1OC. The lowest BCUT2D eigenvalue weighted by Crippen LogP contribution is -2.10. The minimum atomic E-state index is -0.236. The van der Waals surface area contributed by atoms with Crippen molar-refractivity contribution in [1.82, 2.24) is 4.57 Å². The maximum Gasteiger partial charge on any atom is 0.262 e. The van der Waals surface area contributed by atoms with Crippen molar-refractivity contribution in [3.8, 4) is 17.2 Å². The number of nitrogens with zero attached hydrogens (tertiary/aromatic N) is 1. The first kappa shape index (κ1) is 21.9. The number of fused-ring (bicyclic) bond motifs is 1. The molecule has 166 valence electrons. The van der Waals surface area contributed by atoms with E-state index in [0.717, 1.165) is 16.5 Å². The molecule has 0 atom stereocenters. The van der Waals surface area contributed by atoms with Crippen LogP contribution in [0.3, 0.4) is 0 Å². The van der Waals surface area contributed by atoms with Crippen molar-refractivity contribution in [2.75, 3.05) is 21.3 Å². The highest BCUT2D eigenvalue weighted by atomic mass is 16.5. The molecule has 0 bridgehead atoms. The van der Waals surface area contributed by atoms with Crippen LogP contribution in [0.4, 0.5) is 0 Å². The second kappa shape index (κ2) is 9.44. The number of ketones is 1. The topological polar surface area (TPSA) is 66.8 Å². The molecule has 0 unspecified atom stereocenters. The Morgan fingerprint density at radius 3 is 2.06 bits per heavy atom. The van der Waals surface area contributed by atoms with E-state index in [4.69, 9.17) is 14.2 Å². The number of hydrogen-bond acceptors (Lipinski definition) is 5. The first-order valence-electron chi connectivity index (χ1n) is 10.3. The van der Waals surface area contributed by atoms with Crippen molar-refractivity contribution in [1.29, 1.82) is 0 Å². The third kappa shape index (κ3) is 4.23. The molecule has 0 saturated carbocycles. The number of hydrogen-bond donors (Lipinski definition) is 0. The van der Waals surface area contributed by atoms with Crippen LogP contribution < -0.4 is 14.2 Å². The predicted molar refractivity (Wildman–Crippen MR) is 128 cm³/mol. The fourth-order valence-electron chi connectivity index (χ4n) is 3.71. The lowest BCUT2D eigenvalue weighted by Gasteiger charge is -2.13. The number of ether oxygens (including phenoxy) is 3. The van der Waals surface area contributed by atoms with Crippen molar-refractivity contribution in [2.45, 2.75) is 0 Å². The van der Waals surface area contributed by atoms with Gasteiger partial charge in [0.05, 0.1) is 26.8 Å². The van der Waals surface area contributed by atoms with Gasteiger partial charge in [0.2, 0.25) is 5.75 Å². The molecule has 3 aromatic carbocycles. The Hall–Kier alpha value is -4.32. The van der Waals surface area contributed by atoms with E-state index < -0.39 is 0 Å². The van der Waals surface area contributed by atoms with Gasteiger partial charge in [0.25, 0.3) is 5.91 Å². The van der Waals surface area contributed by atoms with Crippen LogP contribution in [0.15, 0.2) is 79.0 Å². The Morgan fingerprint density at radius 2 is 1.42 bits per heavy atom. The van der Waals surface area contributed by atoms with E-state index in [2.05, 4.69) is 0 Å². The Morgan fingerprint density at radius 1 is 0.788 bits per heavy atom. The third-order valence-corrected chi connectivity index (χ3v) is 5.35. The summed E-state index contributed by atoms with van der Waals surface area (Å²) in [6, 6.07) is 19.9. The summed E-state index contributed by atoms with van der Waals surface area (Å²) >= 11 is 0. The number of benzene rings is 3. The number of carbonyl (C=O) groups excluding carboxylic acids is 2. The Labute approximate surface area is 191 Å². The van der Waals surface area contributed by atoms with Gasteiger partial charge in [-0.25, -0.2) is 0 Å². The average Bonchev–Trinajstić information content (AvgIpc) is 3.25. The molecule has 0 N–H and O–H groups in total. The Balaban J connectivity index is 1.71. The van der Waals surface area contributed by atoms with Crippen LogP contribution in [0, 0.1) is 0 Å². The van der Waals surface area contributed by atoms with E-state index in [0.29, 0.717) is 28.4 Å². The van der Waals surface area contributed by atoms with Crippen molar-refractivity contribution >= 4 is 28.7 Å². The molecular formula is C27H23NO5. The second-order valence-electron chi connectivity index (χ2n) is 7.25. The van der Waals surface area contributed by atoms with Gasteiger partial charge in [-0.1, -0.05) is 36.4 Å². The van der Waals surface area contributed by atoms with Crippen LogP contribution in [-0.4, -0.2) is 37.6 Å². The van der Waals surface area contributed by atoms with Gasteiger partial charge in [-0.3, -0.25) is 14.2 Å². The zero-order valence-electron chi connectivity index (χ0n) is 18.6. The number of para-hydroxylation sites is 1. The summed E-state index contributed by atoms with van der Waals surface area (Å²) in [5.41, 5.74) is 2.51. The quantitative estimate of drug-likeness (QED) is 0.289. The Bertz CT molecular complexity index is 1330. The highest BCUT2D eigenvalue weighted by Gasteiger charge is 2.17. The molecule has 0 aliphatic heterocycles. The molecule has 0 aliphatic carbocycles. The standard InChI is InChI=1S/C27H23NO5/c1-31-24-15-20(16-25(32-2)26(24)33-3)23(29)14-13-19-17-28(22-12-8-7-11-21(19)22)27(30)18-9-5-4-6-10-18/h4-17H,1-3H3/b14-13+. The van der Waals surface area contributed by atoms with Crippen LogP contribution in [0.1, 0.15) is 26.3 Å². The molecule has 0 spiro atoms. The zero-order chi connectivity index (χ0) is 23.4. The van der Waals surface area contributed by atoms with E-state index in [1.54, 1.807) is 41.1 Å². The van der Waals surface area contributed by atoms with Gasteiger partial charge in [-0.05, 0) is 42.5 Å². The predicted octanol–water partition coefficient (Wildman–Crippen LogP) is 5.25. The minimum absolute atomic E-state index is 0.137. The van der Waals surface area contributed by atoms with Crippen molar-refractivity contribution < 1.29 is 23.8 Å². The first-order chi connectivity index (χ1) is 16.1. The molecule has 0 aliphatic rings. The van der Waals surface area contributed by atoms with Gasteiger partial charge in [0.1, 0.15) is 0 Å². The average molecular weight is 441 g/mol. The van der Waals surface area contributed by atoms with E-state index >= 15 is 0 Å². The van der Waals surface area contributed by atoms with Gasteiger partial charge in [-0.2, -0.15) is 0 Å². The molecule has 0 saturated heterocycles. The summed E-state index contributed by atoms with van der Waals surface area (Å²) in [4.78, 5) is 26.0. The monoisotopic (exact) mass is 441 g/mol. The smallest absolute Gasteiger partial charge is 0.262 e. The van der Waals surface area contributed by atoms with Crippen LogP contribution in [0.2, 0.25) is 0 Å². The lowest BCUT2D eigenvalue weighted by molar-refractivity contribution is 0.0964.